The molecule has 2 aromatic carbocycles. The Labute approximate surface area is 199 Å². The van der Waals surface area contributed by atoms with Crippen LogP contribution in [0.3, 0.4) is 0 Å². The third-order valence-electron chi connectivity index (χ3n) is 5.51. The van der Waals surface area contributed by atoms with Crippen molar-refractivity contribution in [2.75, 3.05) is 4.90 Å². The summed E-state index contributed by atoms with van der Waals surface area (Å²) in [5, 5.41) is 18.6. The monoisotopic (exact) mass is 507 g/mol. The van der Waals surface area contributed by atoms with E-state index in [1.54, 1.807) is 6.92 Å². The molecule has 1 amide bonds. The summed E-state index contributed by atoms with van der Waals surface area (Å²) in [5.74, 6) is -3.25. The predicted molar refractivity (Wildman–Crippen MR) is 114 cm³/mol. The van der Waals surface area contributed by atoms with Crippen LogP contribution in [0.4, 0.5) is 32.2 Å². The highest BCUT2D eigenvalue weighted by Gasteiger charge is 2.48. The average Bonchev–Trinajstić information content (AvgIpc) is 3.09. The molecule has 1 saturated heterocycles. The normalized spacial score (nSPS) is 18.1. The Morgan fingerprint density at radius 1 is 0.806 bits per heavy atom. The SMILES string of the molecule is Cc1ccc(N2C(=O)C(=O)C(=C(O)c3ccc(C(F)(F)F)cc3)C2c2ccc(C(F)(F)F)cc2)nn1. The van der Waals surface area contributed by atoms with Crippen LogP contribution in [-0.2, 0) is 21.9 Å². The van der Waals surface area contributed by atoms with Crippen molar-refractivity contribution in [1.82, 2.24) is 10.2 Å². The fourth-order valence-electron chi connectivity index (χ4n) is 3.73. The predicted octanol–water partition coefficient (Wildman–Crippen LogP) is 5.45. The molecule has 1 atom stereocenters. The number of halogens is 6. The van der Waals surface area contributed by atoms with Crippen molar-refractivity contribution in [1.29, 1.82) is 0 Å². The number of aryl methyl sites for hydroxylation is 1. The van der Waals surface area contributed by atoms with Gasteiger partial charge in [0.15, 0.2) is 5.82 Å². The topological polar surface area (TPSA) is 83.4 Å². The van der Waals surface area contributed by atoms with E-state index in [2.05, 4.69) is 10.2 Å². The molecule has 0 saturated carbocycles. The Bertz CT molecular complexity index is 1350. The Balaban J connectivity index is 1.89. The van der Waals surface area contributed by atoms with E-state index in [4.69, 9.17) is 0 Å². The molecular formula is C24H15F6N3O3. The number of hydrogen-bond acceptors (Lipinski definition) is 5. The lowest BCUT2D eigenvalue weighted by Crippen LogP contribution is -2.30. The minimum absolute atomic E-state index is 0.0260. The van der Waals surface area contributed by atoms with Gasteiger partial charge in [0.2, 0.25) is 0 Å². The van der Waals surface area contributed by atoms with Crippen LogP contribution in [0.15, 0.2) is 66.2 Å². The number of anilines is 1. The van der Waals surface area contributed by atoms with Crippen LogP contribution < -0.4 is 4.90 Å². The molecule has 1 N–H and O–H groups in total. The number of nitrogens with zero attached hydrogens (tertiary/aromatic N) is 3. The summed E-state index contributed by atoms with van der Waals surface area (Å²) in [6, 6.07) is 8.19. The molecule has 2 heterocycles. The number of ketones is 1. The highest BCUT2D eigenvalue weighted by atomic mass is 19.4. The number of amides is 1. The maximum absolute atomic E-state index is 13.1. The van der Waals surface area contributed by atoms with Gasteiger partial charge in [0.25, 0.3) is 5.78 Å². The Kier molecular flexibility index (Phi) is 6.07. The van der Waals surface area contributed by atoms with Crippen LogP contribution in [0.5, 0.6) is 0 Å². The van der Waals surface area contributed by atoms with Crippen LogP contribution in [0.25, 0.3) is 5.76 Å². The summed E-state index contributed by atoms with van der Waals surface area (Å²) in [6.07, 6.45) is -9.30. The standard InChI is InChI=1S/C24H15F6N3O3/c1-12-2-11-17(32-31-12)33-19(13-3-7-15(8-4-13)23(25,26)27)18(21(35)22(33)36)20(34)14-5-9-16(10-6-14)24(28,29)30/h2-11,19,34H,1H3. The second kappa shape index (κ2) is 8.77. The van der Waals surface area contributed by atoms with E-state index in [0.717, 1.165) is 41.3 Å². The highest BCUT2D eigenvalue weighted by molar-refractivity contribution is 6.51. The van der Waals surface area contributed by atoms with Gasteiger partial charge in [0.1, 0.15) is 5.76 Å². The first-order valence-corrected chi connectivity index (χ1v) is 10.2. The lowest BCUT2D eigenvalue weighted by Gasteiger charge is -2.24. The second-order valence-corrected chi connectivity index (χ2v) is 7.90. The quantitative estimate of drug-likeness (QED) is 0.221. The van der Waals surface area contributed by atoms with Crippen molar-refractivity contribution in [3.63, 3.8) is 0 Å². The molecule has 4 rings (SSSR count). The van der Waals surface area contributed by atoms with Gasteiger partial charge < -0.3 is 5.11 Å². The first kappa shape index (κ1) is 24.9. The zero-order chi connectivity index (χ0) is 26.4. The minimum atomic E-state index is -4.65. The first-order chi connectivity index (χ1) is 16.8. The number of hydrogen-bond donors (Lipinski definition) is 1. The number of carbonyl (C=O) groups excluding carboxylic acids is 2. The van der Waals surface area contributed by atoms with Crippen LogP contribution in [0, 0.1) is 6.92 Å². The number of Topliss-reactive ketones (excluding diaryl/α,β-unsaturated/α-hetero) is 1. The zero-order valence-corrected chi connectivity index (χ0v) is 18.2. The van der Waals surface area contributed by atoms with Crippen LogP contribution in [0.1, 0.15) is 34.0 Å². The molecule has 0 bridgehead atoms. The maximum Gasteiger partial charge on any atom is 0.416 e. The number of carbonyl (C=O) groups is 2. The van der Waals surface area contributed by atoms with E-state index in [-0.39, 0.29) is 16.9 Å². The molecule has 1 aliphatic rings. The molecule has 1 aromatic heterocycles. The number of rotatable bonds is 3. The fraction of sp³-hybridized carbons (Fsp3) is 0.167. The third-order valence-corrected chi connectivity index (χ3v) is 5.51. The number of benzene rings is 2. The van der Waals surface area contributed by atoms with Gasteiger partial charge in [0.05, 0.1) is 28.4 Å². The van der Waals surface area contributed by atoms with Gasteiger partial charge in [-0.3, -0.25) is 14.5 Å². The molecule has 6 nitrogen and oxygen atoms in total. The Morgan fingerprint density at radius 2 is 1.33 bits per heavy atom. The molecular weight excluding hydrogens is 492 g/mol. The molecule has 1 unspecified atom stereocenters. The van der Waals surface area contributed by atoms with Crippen molar-refractivity contribution in [2.24, 2.45) is 0 Å². The Hall–Kier alpha value is -4.22. The molecule has 1 fully saturated rings. The van der Waals surface area contributed by atoms with Crippen molar-refractivity contribution in [2.45, 2.75) is 25.3 Å². The zero-order valence-electron chi connectivity index (χ0n) is 18.2. The lowest BCUT2D eigenvalue weighted by atomic mass is 9.94. The van der Waals surface area contributed by atoms with E-state index in [9.17, 15) is 41.0 Å². The Morgan fingerprint density at radius 3 is 1.81 bits per heavy atom. The molecule has 186 valence electrons. The van der Waals surface area contributed by atoms with Gasteiger partial charge in [0, 0.05) is 5.56 Å². The molecule has 0 aliphatic carbocycles. The van der Waals surface area contributed by atoms with Gasteiger partial charge >= 0.3 is 18.3 Å². The van der Waals surface area contributed by atoms with E-state index in [1.807, 2.05) is 0 Å². The maximum atomic E-state index is 13.1. The smallest absolute Gasteiger partial charge is 0.416 e. The van der Waals surface area contributed by atoms with Gasteiger partial charge in [-0.25, -0.2) is 0 Å². The minimum Gasteiger partial charge on any atom is -0.507 e. The summed E-state index contributed by atoms with van der Waals surface area (Å²) in [6.45, 7) is 1.61. The van der Waals surface area contributed by atoms with Gasteiger partial charge in [-0.1, -0.05) is 24.3 Å². The molecule has 12 heteroatoms. The number of aromatic nitrogens is 2. The average molecular weight is 507 g/mol. The van der Waals surface area contributed by atoms with Crippen molar-refractivity contribution in [3.8, 4) is 0 Å². The summed E-state index contributed by atoms with van der Waals surface area (Å²) in [7, 11) is 0. The van der Waals surface area contributed by atoms with E-state index >= 15 is 0 Å². The van der Waals surface area contributed by atoms with Crippen molar-refractivity contribution in [3.05, 3.63) is 94.2 Å². The number of aliphatic hydroxyl groups is 1. The van der Waals surface area contributed by atoms with Gasteiger partial charge in [-0.2, -0.15) is 31.4 Å². The number of alkyl halides is 6. The van der Waals surface area contributed by atoms with Gasteiger partial charge in [-0.05, 0) is 48.9 Å². The molecule has 0 radical (unpaired) electrons. The molecule has 36 heavy (non-hydrogen) atoms. The summed E-state index contributed by atoms with van der Waals surface area (Å²) < 4.78 is 78.0. The molecule has 0 spiro atoms. The van der Waals surface area contributed by atoms with Crippen LogP contribution in [0.2, 0.25) is 0 Å². The highest BCUT2D eigenvalue weighted by Crippen LogP contribution is 2.42. The van der Waals surface area contributed by atoms with Crippen LogP contribution >= 0.6 is 0 Å². The fourth-order valence-corrected chi connectivity index (χ4v) is 3.73. The van der Waals surface area contributed by atoms with Crippen molar-refractivity contribution < 1.29 is 41.0 Å². The third kappa shape index (κ3) is 4.53. The number of aliphatic hydroxyl groups excluding tert-OH is 1. The lowest BCUT2D eigenvalue weighted by molar-refractivity contribution is -0.138. The van der Waals surface area contributed by atoms with E-state index in [1.165, 1.54) is 12.1 Å². The molecule has 3 aromatic rings. The van der Waals surface area contributed by atoms with Crippen molar-refractivity contribution >= 4 is 23.3 Å². The largest absolute Gasteiger partial charge is 0.507 e. The van der Waals surface area contributed by atoms with Crippen LogP contribution in [-0.4, -0.2) is 27.0 Å². The van der Waals surface area contributed by atoms with E-state index in [0.29, 0.717) is 17.8 Å². The molecule has 1 aliphatic heterocycles. The van der Waals surface area contributed by atoms with Gasteiger partial charge in [-0.15, -0.1) is 5.10 Å². The summed E-state index contributed by atoms with van der Waals surface area (Å²) in [4.78, 5) is 26.8. The first-order valence-electron chi connectivity index (χ1n) is 10.2. The van der Waals surface area contributed by atoms with E-state index < -0.39 is 52.5 Å². The summed E-state index contributed by atoms with van der Waals surface area (Å²) >= 11 is 0. The summed E-state index contributed by atoms with van der Waals surface area (Å²) in [5.41, 5.74) is -2.21. The second-order valence-electron chi connectivity index (χ2n) is 7.90.